The van der Waals surface area contributed by atoms with Crippen molar-refractivity contribution in [3.63, 3.8) is 0 Å². The summed E-state index contributed by atoms with van der Waals surface area (Å²) < 4.78 is 22.9. The Morgan fingerprint density at radius 1 is 0.378 bits per heavy atom. The van der Waals surface area contributed by atoms with Crippen LogP contribution in [0.3, 0.4) is 0 Å². The van der Waals surface area contributed by atoms with Crippen molar-refractivity contribution < 1.29 is 42.9 Å². The lowest BCUT2D eigenvalue weighted by molar-refractivity contribution is -0.870. The second-order valence-electron chi connectivity index (χ2n) is 22.3. The van der Waals surface area contributed by atoms with Crippen LogP contribution in [0, 0.1) is 0 Å². The number of allylic oxidation sites excluding steroid dienone is 24. The topological polar surface area (TPSA) is 108 Å². The molecule has 0 aliphatic heterocycles. The fraction of sp³-hybridized carbons (Fsp3) is 0.630. The van der Waals surface area contributed by atoms with Crippen molar-refractivity contribution in [2.75, 3.05) is 47.5 Å². The van der Waals surface area contributed by atoms with Gasteiger partial charge in [0.05, 0.1) is 34.4 Å². The molecule has 9 nitrogen and oxygen atoms in total. The largest absolute Gasteiger partial charge is 0.477 e. The highest BCUT2D eigenvalue weighted by Gasteiger charge is 2.25. The Morgan fingerprint density at radius 2 is 0.695 bits per heavy atom. The van der Waals surface area contributed by atoms with Crippen molar-refractivity contribution in [1.82, 2.24) is 0 Å². The lowest BCUT2D eigenvalue weighted by Gasteiger charge is -2.25. The number of ether oxygens (including phenoxy) is 4. The van der Waals surface area contributed by atoms with Gasteiger partial charge in [-0.05, 0) is 122 Å². The molecule has 82 heavy (non-hydrogen) atoms. The third-order valence-corrected chi connectivity index (χ3v) is 13.3. The van der Waals surface area contributed by atoms with Gasteiger partial charge in [-0.1, -0.05) is 250 Å². The minimum Gasteiger partial charge on any atom is -0.477 e. The van der Waals surface area contributed by atoms with E-state index in [2.05, 4.69) is 160 Å². The summed E-state index contributed by atoms with van der Waals surface area (Å²) in [7, 11) is 5.95. The molecular weight excluding hydrogens is 1020 g/mol. The van der Waals surface area contributed by atoms with Crippen LogP contribution in [0.15, 0.2) is 146 Å². The summed E-state index contributed by atoms with van der Waals surface area (Å²) in [6, 6.07) is 0. The Labute approximate surface area is 502 Å². The number of unbranched alkanes of at least 4 members (excludes halogenated alkanes) is 19. The van der Waals surface area contributed by atoms with E-state index in [1.165, 1.54) is 70.6 Å². The SMILES string of the molecule is CC/C=C\C/C=C\C/C=C\C/C=C\C/C=C\C/C=C\C/C=C\C/C=C\C/C=C\C/C=C\C/C=C\CCCCCCCC(=O)OC(COC(=O)CCCCCCCCC/C=C\CCCCCCCCC)COC(OCC[N+](C)(C)C)C(=O)O. The predicted octanol–water partition coefficient (Wildman–Crippen LogP) is 20.0. The third kappa shape index (κ3) is 62.8. The van der Waals surface area contributed by atoms with Crippen LogP contribution in [0.1, 0.15) is 239 Å². The van der Waals surface area contributed by atoms with Crippen LogP contribution < -0.4 is 0 Å². The zero-order valence-electron chi connectivity index (χ0n) is 52.8. The van der Waals surface area contributed by atoms with E-state index in [0.29, 0.717) is 17.4 Å². The molecule has 0 heterocycles. The van der Waals surface area contributed by atoms with Crippen LogP contribution in [0.25, 0.3) is 0 Å². The van der Waals surface area contributed by atoms with Gasteiger partial charge in [0.1, 0.15) is 13.2 Å². The molecule has 0 spiro atoms. The Hall–Kier alpha value is -4.83. The number of carboxylic acids is 1. The van der Waals surface area contributed by atoms with Gasteiger partial charge in [-0.2, -0.15) is 0 Å². The summed E-state index contributed by atoms with van der Waals surface area (Å²) in [5.74, 6) is -2.05. The second kappa shape index (κ2) is 62.2. The van der Waals surface area contributed by atoms with E-state index in [9.17, 15) is 19.5 Å². The number of hydrogen-bond acceptors (Lipinski definition) is 7. The maximum absolute atomic E-state index is 12.9. The molecule has 9 heteroatoms. The average molecular weight is 1140 g/mol. The van der Waals surface area contributed by atoms with Crippen molar-refractivity contribution in [3.8, 4) is 0 Å². The van der Waals surface area contributed by atoms with Crippen molar-refractivity contribution in [2.45, 2.75) is 251 Å². The molecule has 2 atom stereocenters. The molecule has 0 fully saturated rings. The normalized spacial score (nSPS) is 13.7. The molecule has 0 saturated heterocycles. The zero-order valence-corrected chi connectivity index (χ0v) is 52.8. The highest BCUT2D eigenvalue weighted by atomic mass is 16.7. The lowest BCUT2D eigenvalue weighted by Crippen LogP contribution is -2.40. The molecule has 0 aromatic heterocycles. The molecule has 0 rings (SSSR count). The van der Waals surface area contributed by atoms with Crippen LogP contribution >= 0.6 is 0 Å². The minimum atomic E-state index is -1.53. The first-order valence-electron chi connectivity index (χ1n) is 32.5. The molecule has 0 saturated carbocycles. The summed E-state index contributed by atoms with van der Waals surface area (Å²) in [6.45, 7) is 4.72. The van der Waals surface area contributed by atoms with Gasteiger partial charge in [0.25, 0.3) is 6.29 Å². The number of aliphatic carboxylic acids is 1. The number of carbonyl (C=O) groups excluding carboxylic acids is 2. The minimum absolute atomic E-state index is 0.176. The van der Waals surface area contributed by atoms with Gasteiger partial charge in [-0.25, -0.2) is 4.79 Å². The number of carboxylic acid groups (broad SMARTS) is 1. The number of likely N-dealkylation sites (N-methyl/N-ethyl adjacent to an activating group) is 1. The van der Waals surface area contributed by atoms with Crippen molar-refractivity contribution in [1.29, 1.82) is 0 Å². The number of rotatable bonds is 58. The van der Waals surface area contributed by atoms with E-state index < -0.39 is 24.3 Å². The van der Waals surface area contributed by atoms with Crippen LogP contribution in [-0.2, 0) is 33.3 Å². The van der Waals surface area contributed by atoms with Gasteiger partial charge >= 0.3 is 17.9 Å². The van der Waals surface area contributed by atoms with E-state index in [4.69, 9.17) is 18.9 Å². The van der Waals surface area contributed by atoms with Gasteiger partial charge in [0, 0.05) is 12.8 Å². The van der Waals surface area contributed by atoms with Crippen molar-refractivity contribution in [3.05, 3.63) is 146 Å². The number of quaternary nitrogens is 1. The molecular formula is C73H120NO8+. The van der Waals surface area contributed by atoms with Gasteiger partial charge in [-0.3, -0.25) is 9.59 Å². The van der Waals surface area contributed by atoms with Crippen LogP contribution in [0.2, 0.25) is 0 Å². The fourth-order valence-electron chi connectivity index (χ4n) is 8.37. The van der Waals surface area contributed by atoms with Crippen LogP contribution in [-0.4, -0.2) is 87.4 Å². The maximum Gasteiger partial charge on any atom is 0.361 e. The summed E-state index contributed by atoms with van der Waals surface area (Å²) in [4.78, 5) is 37.5. The zero-order chi connectivity index (χ0) is 59.8. The predicted molar refractivity (Wildman–Crippen MR) is 350 cm³/mol. The van der Waals surface area contributed by atoms with Gasteiger partial charge in [0.2, 0.25) is 0 Å². The molecule has 0 amide bonds. The smallest absolute Gasteiger partial charge is 0.361 e. The molecule has 0 bridgehead atoms. The molecule has 464 valence electrons. The Morgan fingerprint density at radius 3 is 1.05 bits per heavy atom. The van der Waals surface area contributed by atoms with Crippen LogP contribution in [0.5, 0.6) is 0 Å². The van der Waals surface area contributed by atoms with Crippen molar-refractivity contribution >= 4 is 17.9 Å². The Bertz CT molecular complexity index is 1850. The fourth-order valence-corrected chi connectivity index (χ4v) is 8.37. The lowest BCUT2D eigenvalue weighted by atomic mass is 10.1. The molecule has 0 aromatic rings. The summed E-state index contributed by atoms with van der Waals surface area (Å²) in [5.41, 5.74) is 0. The van der Waals surface area contributed by atoms with Crippen molar-refractivity contribution in [2.24, 2.45) is 0 Å². The monoisotopic (exact) mass is 1140 g/mol. The summed E-state index contributed by atoms with van der Waals surface area (Å²) in [5, 5.41) is 9.72. The van der Waals surface area contributed by atoms with E-state index in [-0.39, 0.29) is 38.6 Å². The Kier molecular flexibility index (Phi) is 58.6. The molecule has 1 N–H and O–H groups in total. The van der Waals surface area contributed by atoms with E-state index in [0.717, 1.165) is 135 Å². The molecule has 0 aliphatic rings. The molecule has 0 aromatic carbocycles. The second-order valence-corrected chi connectivity index (χ2v) is 22.3. The first-order valence-corrected chi connectivity index (χ1v) is 32.5. The van der Waals surface area contributed by atoms with E-state index >= 15 is 0 Å². The first kappa shape index (κ1) is 77.2. The number of esters is 2. The standard InChI is InChI=1S/C73H119NO8/c1-6-8-10-12-14-16-18-20-22-24-26-27-28-29-30-31-32-33-34-35-36-37-38-39-40-41-42-43-44-45-46-48-50-52-54-56-58-60-62-64-71(76)82-69(68-81-73(72(77)78)79-66-65-74(3,4)5)67-80-70(75)63-61-59-57-55-53-51-49-47-25-23-21-19-17-15-13-11-9-7-2/h8,10,14,16,20,22-23,25-27,29-30,32-33,35-36,38-39,41-42,44-45,48,50,69,73H,6-7,9,11-13,15,17-19,21,24,28,31,34,37,40,43,46-47,49,51-68H2,1-5H3/p+1/b10-8-,16-14-,22-20-,25-23-,27-26-,30-29-,33-32-,36-35-,39-38-,42-41-,45-44-,50-48-. The van der Waals surface area contributed by atoms with Gasteiger partial charge in [0.15, 0.2) is 6.10 Å². The summed E-state index contributed by atoms with van der Waals surface area (Å²) >= 11 is 0. The highest BCUT2D eigenvalue weighted by Crippen LogP contribution is 2.14. The van der Waals surface area contributed by atoms with Gasteiger partial charge in [-0.15, -0.1) is 0 Å². The third-order valence-electron chi connectivity index (χ3n) is 13.3. The number of nitrogens with zero attached hydrogens (tertiary/aromatic N) is 1. The summed E-state index contributed by atoms with van der Waals surface area (Å²) in [6.07, 6.45) is 88.0. The quantitative estimate of drug-likeness (QED) is 0.0211. The number of hydrogen-bond donors (Lipinski definition) is 1. The van der Waals surface area contributed by atoms with E-state index in [1.807, 2.05) is 21.1 Å². The molecule has 0 radical (unpaired) electrons. The van der Waals surface area contributed by atoms with E-state index in [1.54, 1.807) is 0 Å². The Balaban J connectivity index is 4.25. The van der Waals surface area contributed by atoms with Crippen LogP contribution in [0.4, 0.5) is 0 Å². The first-order chi connectivity index (χ1) is 40.1. The average Bonchev–Trinajstić information content (AvgIpc) is 3.45. The number of carbonyl (C=O) groups is 3. The maximum atomic E-state index is 12.9. The highest BCUT2D eigenvalue weighted by molar-refractivity contribution is 5.71. The molecule has 2 unspecified atom stereocenters. The van der Waals surface area contributed by atoms with Gasteiger partial charge < -0.3 is 28.5 Å². The molecule has 0 aliphatic carbocycles.